The van der Waals surface area contributed by atoms with Crippen molar-refractivity contribution in [3.63, 3.8) is 0 Å². The van der Waals surface area contributed by atoms with E-state index in [1.54, 1.807) is 18.5 Å². The molecule has 2 aromatic heterocycles. The van der Waals surface area contributed by atoms with Gasteiger partial charge in [0.25, 0.3) is 5.91 Å². The monoisotopic (exact) mass is 369 g/mol. The lowest BCUT2D eigenvalue weighted by atomic mass is 10.0. The first-order valence-corrected chi connectivity index (χ1v) is 9.19. The molecular weight excluding hydrogens is 346 g/mol. The molecule has 0 aromatic carbocycles. The van der Waals surface area contributed by atoms with Gasteiger partial charge in [0.1, 0.15) is 5.69 Å². The molecule has 8 nitrogen and oxygen atoms in total. The second kappa shape index (κ2) is 7.58. The number of aryl methyl sites for hydroxylation is 1. The van der Waals surface area contributed by atoms with E-state index in [0.717, 1.165) is 11.3 Å². The molecule has 0 saturated carbocycles. The highest BCUT2D eigenvalue weighted by Gasteiger charge is 2.41. The minimum absolute atomic E-state index is 0.0830. The molecule has 2 aromatic rings. The number of ether oxygens (including phenoxy) is 2. The zero-order valence-electron chi connectivity index (χ0n) is 15.4. The Kier molecular flexibility index (Phi) is 5.00. The number of carbonyl (C=O) groups excluding carboxylic acids is 1. The lowest BCUT2D eigenvalue weighted by Gasteiger charge is -2.37. The van der Waals surface area contributed by atoms with Gasteiger partial charge in [-0.15, -0.1) is 0 Å². The smallest absolute Gasteiger partial charge is 0.272 e. The molecule has 4 heterocycles. The minimum Gasteiger partial charge on any atom is -0.350 e. The predicted octanol–water partition coefficient (Wildman–Crippen LogP) is 1.77. The van der Waals surface area contributed by atoms with Crippen LogP contribution in [0.2, 0.25) is 0 Å². The predicted molar refractivity (Wildman–Crippen MR) is 98.1 cm³/mol. The molecule has 0 bridgehead atoms. The van der Waals surface area contributed by atoms with E-state index in [2.05, 4.69) is 20.3 Å². The Morgan fingerprint density at radius 1 is 1.19 bits per heavy atom. The van der Waals surface area contributed by atoms with Crippen LogP contribution in [0.25, 0.3) is 0 Å². The average molecular weight is 369 g/mol. The van der Waals surface area contributed by atoms with Gasteiger partial charge in [-0.3, -0.25) is 9.78 Å². The standard InChI is InChI=1S/C19H23N5O3/c1-14-12-16(23-18(22-14)21-13-15-2-6-20-7-3-15)17(25)24-8-4-19(5-9-24)26-10-11-27-19/h2-3,6-7,12H,4-5,8-11,13H2,1H3,(H,21,22,23). The molecule has 27 heavy (non-hydrogen) atoms. The van der Waals surface area contributed by atoms with Gasteiger partial charge in [-0.25, -0.2) is 9.97 Å². The van der Waals surface area contributed by atoms with Crippen molar-refractivity contribution in [2.75, 3.05) is 31.6 Å². The zero-order valence-corrected chi connectivity index (χ0v) is 15.4. The number of pyridine rings is 1. The van der Waals surface area contributed by atoms with Crippen molar-refractivity contribution in [2.45, 2.75) is 32.1 Å². The number of hydrogen-bond acceptors (Lipinski definition) is 7. The number of piperidine rings is 1. The van der Waals surface area contributed by atoms with Crippen LogP contribution >= 0.6 is 0 Å². The highest BCUT2D eigenvalue weighted by molar-refractivity contribution is 5.92. The third-order valence-corrected chi connectivity index (χ3v) is 4.90. The van der Waals surface area contributed by atoms with Crippen LogP contribution in [0.15, 0.2) is 30.6 Å². The van der Waals surface area contributed by atoms with Crippen molar-refractivity contribution < 1.29 is 14.3 Å². The van der Waals surface area contributed by atoms with Crippen LogP contribution in [0.1, 0.15) is 34.6 Å². The van der Waals surface area contributed by atoms with Crippen LogP contribution in [-0.4, -0.2) is 57.8 Å². The largest absolute Gasteiger partial charge is 0.350 e. The van der Waals surface area contributed by atoms with Crippen molar-refractivity contribution in [3.05, 3.63) is 47.5 Å². The van der Waals surface area contributed by atoms with Crippen molar-refractivity contribution in [1.82, 2.24) is 19.9 Å². The van der Waals surface area contributed by atoms with Gasteiger partial charge >= 0.3 is 0 Å². The molecule has 1 amide bonds. The summed E-state index contributed by atoms with van der Waals surface area (Å²) in [7, 11) is 0. The summed E-state index contributed by atoms with van der Waals surface area (Å²) in [6.45, 7) is 4.89. The molecular formula is C19H23N5O3. The van der Waals surface area contributed by atoms with Crippen LogP contribution in [-0.2, 0) is 16.0 Å². The molecule has 2 aliphatic heterocycles. The summed E-state index contributed by atoms with van der Waals surface area (Å²) in [5, 5.41) is 3.18. The van der Waals surface area contributed by atoms with Crippen molar-refractivity contribution >= 4 is 11.9 Å². The highest BCUT2D eigenvalue weighted by Crippen LogP contribution is 2.31. The average Bonchev–Trinajstić information content (AvgIpc) is 3.15. The minimum atomic E-state index is -0.490. The molecule has 1 spiro atoms. The number of hydrogen-bond donors (Lipinski definition) is 1. The van der Waals surface area contributed by atoms with Gasteiger partial charge in [0.2, 0.25) is 5.95 Å². The van der Waals surface area contributed by atoms with Gasteiger partial charge in [-0.05, 0) is 30.7 Å². The zero-order chi connectivity index (χ0) is 18.7. The first kappa shape index (κ1) is 17.8. The number of nitrogens with zero attached hydrogens (tertiary/aromatic N) is 4. The van der Waals surface area contributed by atoms with Crippen LogP contribution in [0.3, 0.4) is 0 Å². The number of likely N-dealkylation sites (tertiary alicyclic amines) is 1. The van der Waals surface area contributed by atoms with Crippen LogP contribution in [0.5, 0.6) is 0 Å². The highest BCUT2D eigenvalue weighted by atomic mass is 16.7. The van der Waals surface area contributed by atoms with E-state index in [-0.39, 0.29) is 5.91 Å². The van der Waals surface area contributed by atoms with Gasteiger partial charge < -0.3 is 19.7 Å². The fourth-order valence-electron chi connectivity index (χ4n) is 3.44. The molecule has 1 N–H and O–H groups in total. The van der Waals surface area contributed by atoms with E-state index in [1.165, 1.54) is 0 Å². The third kappa shape index (κ3) is 4.06. The summed E-state index contributed by atoms with van der Waals surface area (Å²) in [6, 6.07) is 5.57. The number of rotatable bonds is 4. The summed E-state index contributed by atoms with van der Waals surface area (Å²) in [5.41, 5.74) is 2.23. The Bertz CT molecular complexity index is 798. The fourth-order valence-corrected chi connectivity index (χ4v) is 3.44. The third-order valence-electron chi connectivity index (χ3n) is 4.90. The summed E-state index contributed by atoms with van der Waals surface area (Å²) in [6.07, 6.45) is 4.86. The molecule has 4 rings (SSSR count). The van der Waals surface area contributed by atoms with Crippen LogP contribution < -0.4 is 5.32 Å². The Morgan fingerprint density at radius 3 is 2.59 bits per heavy atom. The number of anilines is 1. The molecule has 142 valence electrons. The summed E-state index contributed by atoms with van der Waals surface area (Å²) >= 11 is 0. The van der Waals surface area contributed by atoms with Crippen LogP contribution in [0, 0.1) is 6.92 Å². The number of carbonyl (C=O) groups is 1. The molecule has 2 fully saturated rings. The molecule has 8 heteroatoms. The fraction of sp³-hybridized carbons (Fsp3) is 0.474. The topological polar surface area (TPSA) is 89.5 Å². The van der Waals surface area contributed by atoms with E-state index < -0.39 is 5.79 Å². The number of nitrogens with one attached hydrogen (secondary N) is 1. The van der Waals surface area contributed by atoms with E-state index in [1.807, 2.05) is 24.0 Å². The van der Waals surface area contributed by atoms with Gasteiger partial charge in [-0.1, -0.05) is 0 Å². The molecule has 0 atom stereocenters. The Labute approximate surface area is 157 Å². The van der Waals surface area contributed by atoms with E-state index in [4.69, 9.17) is 9.47 Å². The molecule has 2 aliphatic rings. The Morgan fingerprint density at radius 2 is 1.89 bits per heavy atom. The second-order valence-corrected chi connectivity index (χ2v) is 6.83. The first-order valence-electron chi connectivity index (χ1n) is 9.19. The van der Waals surface area contributed by atoms with E-state index in [9.17, 15) is 4.79 Å². The summed E-state index contributed by atoms with van der Waals surface area (Å²) in [4.78, 5) is 27.5. The quantitative estimate of drug-likeness (QED) is 0.878. The lowest BCUT2D eigenvalue weighted by molar-refractivity contribution is -0.181. The summed E-state index contributed by atoms with van der Waals surface area (Å²) in [5.74, 6) is -0.123. The molecule has 0 aliphatic carbocycles. The SMILES string of the molecule is Cc1cc(C(=O)N2CCC3(CC2)OCCO3)nc(NCc2ccncc2)n1. The normalized spacial score (nSPS) is 18.6. The van der Waals surface area contributed by atoms with Crippen molar-refractivity contribution in [1.29, 1.82) is 0 Å². The number of aromatic nitrogens is 3. The molecule has 2 saturated heterocycles. The maximum absolute atomic E-state index is 12.9. The molecule has 0 radical (unpaired) electrons. The van der Waals surface area contributed by atoms with E-state index in [0.29, 0.717) is 57.3 Å². The van der Waals surface area contributed by atoms with Crippen molar-refractivity contribution in [2.24, 2.45) is 0 Å². The lowest BCUT2D eigenvalue weighted by Crippen LogP contribution is -2.47. The van der Waals surface area contributed by atoms with Gasteiger partial charge in [0, 0.05) is 50.6 Å². The maximum Gasteiger partial charge on any atom is 0.272 e. The Balaban J connectivity index is 1.42. The Hall–Kier alpha value is -2.58. The molecule has 0 unspecified atom stereocenters. The maximum atomic E-state index is 12.9. The van der Waals surface area contributed by atoms with Crippen molar-refractivity contribution in [3.8, 4) is 0 Å². The van der Waals surface area contributed by atoms with Gasteiger partial charge in [0.15, 0.2) is 5.79 Å². The summed E-state index contributed by atoms with van der Waals surface area (Å²) < 4.78 is 11.5. The van der Waals surface area contributed by atoms with Gasteiger partial charge in [-0.2, -0.15) is 0 Å². The van der Waals surface area contributed by atoms with Crippen LogP contribution in [0.4, 0.5) is 5.95 Å². The number of amides is 1. The van der Waals surface area contributed by atoms with Gasteiger partial charge in [0.05, 0.1) is 13.2 Å². The van der Waals surface area contributed by atoms with E-state index >= 15 is 0 Å². The second-order valence-electron chi connectivity index (χ2n) is 6.83. The first-order chi connectivity index (χ1) is 13.1.